The third kappa shape index (κ3) is 1.94. The van der Waals surface area contributed by atoms with E-state index in [2.05, 4.69) is 6.92 Å². The van der Waals surface area contributed by atoms with E-state index in [1.54, 1.807) is 0 Å². The highest BCUT2D eigenvalue weighted by molar-refractivity contribution is 4.90. The Kier molecular flexibility index (Phi) is 2.73. The van der Waals surface area contributed by atoms with Gasteiger partial charge in [-0.2, -0.15) is 0 Å². The first-order chi connectivity index (χ1) is 2.81. The first-order valence-electron chi connectivity index (χ1n) is 1.76. The molecule has 2 radical (unpaired) electrons. The van der Waals surface area contributed by atoms with E-state index in [4.69, 9.17) is 6.58 Å². The molecule has 0 aromatic heterocycles. The Morgan fingerprint density at radius 3 is 2.33 bits per heavy atom. The lowest BCUT2D eigenvalue weighted by Crippen LogP contribution is -1.76. The van der Waals surface area contributed by atoms with Crippen LogP contribution in [0.4, 0.5) is 4.39 Å². The molecule has 34 valence electrons. The van der Waals surface area contributed by atoms with Crippen LogP contribution in [0.3, 0.4) is 0 Å². The minimum absolute atomic E-state index is 0.315. The fourth-order valence-electron chi connectivity index (χ4n) is 0.0668. The van der Waals surface area contributed by atoms with Crippen molar-refractivity contribution in [1.82, 2.24) is 0 Å². The Balaban J connectivity index is 2.99. The van der Waals surface area contributed by atoms with Gasteiger partial charge in [-0.1, -0.05) is 6.58 Å². The summed E-state index contributed by atoms with van der Waals surface area (Å²) in [6, 6.07) is 0. The van der Waals surface area contributed by atoms with Crippen molar-refractivity contribution < 1.29 is 4.39 Å². The summed E-state index contributed by atoms with van der Waals surface area (Å²) in [7, 11) is 0. The van der Waals surface area contributed by atoms with Crippen LogP contribution < -0.4 is 0 Å². The van der Waals surface area contributed by atoms with E-state index in [9.17, 15) is 4.39 Å². The smallest absolute Gasteiger partial charge is 0.111 e. The number of rotatable bonds is 2. The molecule has 0 atom stereocenters. The summed E-state index contributed by atoms with van der Waals surface area (Å²) in [5.74, 6) is 0. The Morgan fingerprint density at radius 2 is 2.33 bits per heavy atom. The first-order valence-corrected chi connectivity index (χ1v) is 1.76. The van der Waals surface area contributed by atoms with Crippen molar-refractivity contribution in [1.29, 1.82) is 0 Å². The summed E-state index contributed by atoms with van der Waals surface area (Å²) < 4.78 is 11.2. The second-order valence-electron chi connectivity index (χ2n) is 1.04. The molecule has 0 aromatic rings. The van der Waals surface area contributed by atoms with Crippen LogP contribution in [-0.4, -0.2) is 6.67 Å². The van der Waals surface area contributed by atoms with E-state index >= 15 is 0 Å². The normalized spacial score (nSPS) is 8.33. The number of hydrogen-bond donors (Lipinski definition) is 0. The zero-order valence-electron chi connectivity index (χ0n) is 3.58. The molecule has 0 fully saturated rings. The molecule has 0 amide bonds. The molecule has 0 aliphatic heterocycles. The zero-order chi connectivity index (χ0) is 4.99. The predicted octanol–water partition coefficient (Wildman–Crippen LogP) is 1.54. The van der Waals surface area contributed by atoms with Gasteiger partial charge in [-0.3, -0.25) is 0 Å². The van der Waals surface area contributed by atoms with E-state index in [0.29, 0.717) is 12.0 Å². The molecule has 0 N–H and O–H groups in total. The van der Waals surface area contributed by atoms with Gasteiger partial charge in [0.15, 0.2) is 0 Å². The molecule has 0 saturated carbocycles. The first kappa shape index (κ1) is 5.67. The van der Waals surface area contributed by atoms with Crippen molar-refractivity contribution in [3.05, 3.63) is 19.1 Å². The molecule has 0 rings (SSSR count). The van der Waals surface area contributed by atoms with Crippen LogP contribution >= 0.6 is 0 Å². The van der Waals surface area contributed by atoms with Crippen LogP contribution in [0.15, 0.2) is 5.57 Å². The second-order valence-corrected chi connectivity index (χ2v) is 1.04. The van der Waals surface area contributed by atoms with Crippen molar-refractivity contribution in [2.75, 3.05) is 6.67 Å². The van der Waals surface area contributed by atoms with Gasteiger partial charge in [0.05, 0.1) is 0 Å². The Hall–Kier alpha value is -0.330. The van der Waals surface area contributed by atoms with E-state index in [1.165, 1.54) is 0 Å². The van der Waals surface area contributed by atoms with E-state index in [1.807, 2.05) is 0 Å². The van der Waals surface area contributed by atoms with Crippen LogP contribution in [0.1, 0.15) is 6.42 Å². The molecule has 0 heterocycles. The van der Waals surface area contributed by atoms with Crippen LogP contribution in [0, 0.1) is 13.5 Å². The highest BCUT2D eigenvalue weighted by Crippen LogP contribution is 1.92. The van der Waals surface area contributed by atoms with Gasteiger partial charge < -0.3 is 0 Å². The van der Waals surface area contributed by atoms with Crippen molar-refractivity contribution >= 4 is 0 Å². The largest absolute Gasteiger partial charge is 0.246 e. The minimum atomic E-state index is -0.538. The van der Waals surface area contributed by atoms with Gasteiger partial charge in [-0.25, -0.2) is 4.39 Å². The average Bonchev–Trinajstić information content (AvgIpc) is 1.65. The Morgan fingerprint density at radius 1 is 1.83 bits per heavy atom. The summed E-state index contributed by atoms with van der Waals surface area (Å²) in [5.41, 5.74) is 0.315. The monoisotopic (exact) mass is 86.1 g/mol. The molecule has 0 spiro atoms. The molecular weight excluding hydrogens is 79.1 g/mol. The van der Waals surface area contributed by atoms with E-state index in [-0.39, 0.29) is 0 Å². The van der Waals surface area contributed by atoms with E-state index in [0.717, 1.165) is 0 Å². The summed E-state index contributed by atoms with van der Waals surface area (Å²) in [4.78, 5) is 0. The minimum Gasteiger partial charge on any atom is -0.246 e. The van der Waals surface area contributed by atoms with Gasteiger partial charge in [-0.15, -0.1) is 0 Å². The van der Waals surface area contributed by atoms with Gasteiger partial charge in [-0.05, 0) is 18.9 Å². The van der Waals surface area contributed by atoms with Gasteiger partial charge in [0.25, 0.3) is 0 Å². The average molecular weight is 86.1 g/mol. The summed E-state index contributed by atoms with van der Waals surface area (Å²) in [6.45, 7) is 7.77. The molecule has 0 aromatic carbocycles. The third-order valence-electron chi connectivity index (χ3n) is 0.493. The molecule has 6 heavy (non-hydrogen) atoms. The van der Waals surface area contributed by atoms with Gasteiger partial charge in [0, 0.05) is 0 Å². The molecule has 0 aliphatic rings. The Bertz CT molecular complexity index is 41.9. The lowest BCUT2D eigenvalue weighted by Gasteiger charge is -1.85. The fraction of sp³-hybridized carbons (Fsp3) is 0.400. The zero-order valence-corrected chi connectivity index (χ0v) is 3.58. The standard InChI is InChI=1S/C5H7F/c1-3-5(2)4-6/h2H,1,3-4H2. The van der Waals surface area contributed by atoms with Crippen molar-refractivity contribution in [3.63, 3.8) is 0 Å². The van der Waals surface area contributed by atoms with E-state index < -0.39 is 6.67 Å². The molecule has 0 saturated heterocycles. The van der Waals surface area contributed by atoms with Crippen molar-refractivity contribution in [2.24, 2.45) is 0 Å². The maximum atomic E-state index is 11.2. The number of hydrogen-bond acceptors (Lipinski definition) is 0. The highest BCUT2D eigenvalue weighted by Gasteiger charge is 1.82. The van der Waals surface area contributed by atoms with Gasteiger partial charge >= 0.3 is 0 Å². The lowest BCUT2D eigenvalue weighted by molar-refractivity contribution is 0.538. The third-order valence-corrected chi connectivity index (χ3v) is 0.493. The summed E-state index contributed by atoms with van der Waals surface area (Å²) in [6.07, 6.45) is 0.399. The molecule has 0 aliphatic carbocycles. The fourth-order valence-corrected chi connectivity index (χ4v) is 0.0668. The van der Waals surface area contributed by atoms with Crippen LogP contribution in [0.2, 0.25) is 0 Å². The molecule has 1 heteroatoms. The van der Waals surface area contributed by atoms with Crippen LogP contribution in [0.5, 0.6) is 0 Å². The maximum absolute atomic E-state index is 11.2. The highest BCUT2D eigenvalue weighted by atomic mass is 19.1. The van der Waals surface area contributed by atoms with Crippen LogP contribution in [-0.2, 0) is 0 Å². The molecular formula is C5H7F. The quantitative estimate of drug-likeness (QED) is 0.478. The topological polar surface area (TPSA) is 0 Å². The number of alkyl halides is 1. The second kappa shape index (κ2) is 2.88. The summed E-state index contributed by atoms with van der Waals surface area (Å²) in [5, 5.41) is 0. The summed E-state index contributed by atoms with van der Waals surface area (Å²) >= 11 is 0. The predicted molar refractivity (Wildman–Crippen MR) is 23.8 cm³/mol. The maximum Gasteiger partial charge on any atom is 0.111 e. The van der Waals surface area contributed by atoms with Crippen LogP contribution in [0.25, 0.3) is 0 Å². The Labute approximate surface area is 37.7 Å². The SMILES string of the molecule is [CH]=C(C[CH2])CF. The molecule has 0 nitrogen and oxygen atoms in total. The van der Waals surface area contributed by atoms with Gasteiger partial charge in [0.1, 0.15) is 6.67 Å². The lowest BCUT2D eigenvalue weighted by atomic mass is 10.3. The van der Waals surface area contributed by atoms with Crippen molar-refractivity contribution in [2.45, 2.75) is 6.42 Å². The number of allylic oxidation sites excluding steroid dienone is 1. The van der Waals surface area contributed by atoms with Gasteiger partial charge in [0.2, 0.25) is 0 Å². The molecule has 0 unspecified atom stereocenters. The number of halogens is 1. The molecule has 0 bridgehead atoms. The van der Waals surface area contributed by atoms with Crippen molar-refractivity contribution in [3.8, 4) is 0 Å².